The average molecular weight is 335 g/mol. The number of fused-ring (bicyclic) bond motifs is 1. The van der Waals surface area contributed by atoms with E-state index < -0.39 is 9.84 Å². The van der Waals surface area contributed by atoms with E-state index in [0.717, 1.165) is 0 Å². The van der Waals surface area contributed by atoms with Crippen LogP contribution in [-0.2, 0) is 21.2 Å². The molecule has 1 aliphatic rings. The van der Waals surface area contributed by atoms with Gasteiger partial charge in [-0.3, -0.25) is 14.3 Å². The highest BCUT2D eigenvalue weighted by molar-refractivity contribution is 7.91. The highest BCUT2D eigenvalue weighted by Crippen LogP contribution is 2.12. The molecule has 1 aliphatic heterocycles. The molecule has 122 valence electrons. The third kappa shape index (κ3) is 3.58. The zero-order valence-electron chi connectivity index (χ0n) is 12.4. The number of carbonyl (C=O) groups excluding carboxylic acids is 1. The lowest BCUT2D eigenvalue weighted by Crippen LogP contribution is -2.36. The summed E-state index contributed by atoms with van der Waals surface area (Å²) in [6, 6.07) is 6.79. The van der Waals surface area contributed by atoms with Gasteiger partial charge in [-0.1, -0.05) is 12.1 Å². The number of aryl methyl sites for hydroxylation is 1. The van der Waals surface area contributed by atoms with Crippen molar-refractivity contribution < 1.29 is 13.2 Å². The van der Waals surface area contributed by atoms with E-state index in [2.05, 4.69) is 10.4 Å². The third-order valence-corrected chi connectivity index (χ3v) is 5.68. The van der Waals surface area contributed by atoms with Crippen LogP contribution in [0, 0.1) is 0 Å². The molecule has 1 saturated heterocycles. The van der Waals surface area contributed by atoms with E-state index in [1.807, 2.05) is 6.07 Å². The van der Waals surface area contributed by atoms with E-state index in [-0.39, 0.29) is 35.3 Å². The molecule has 1 aromatic carbocycles. The van der Waals surface area contributed by atoms with Gasteiger partial charge in [0.15, 0.2) is 9.84 Å². The third-order valence-electron chi connectivity index (χ3n) is 3.91. The number of rotatable bonds is 4. The number of hydrogen-bond donors (Lipinski definition) is 1. The topological polar surface area (TPSA) is 98.1 Å². The standard InChI is InChI=1S/C15H17N3O4S/c19-14-9-16-18(13-4-2-1-3-12(13)14)7-5-15(20)17-11-6-8-23(21,22)10-11/h1-4,9,11H,5-8,10H2,(H,17,20)/t11-/m0/s1. The molecule has 0 saturated carbocycles. The fourth-order valence-corrected chi connectivity index (χ4v) is 4.43. The lowest BCUT2D eigenvalue weighted by Gasteiger charge is -2.12. The summed E-state index contributed by atoms with van der Waals surface area (Å²) in [5, 5.41) is 7.36. The van der Waals surface area contributed by atoms with Crippen molar-refractivity contribution in [3.05, 3.63) is 40.7 Å². The molecule has 2 heterocycles. The van der Waals surface area contributed by atoms with Gasteiger partial charge in [0.25, 0.3) is 0 Å². The minimum Gasteiger partial charge on any atom is -0.352 e. The zero-order valence-corrected chi connectivity index (χ0v) is 13.3. The van der Waals surface area contributed by atoms with Crippen LogP contribution in [0.2, 0.25) is 0 Å². The molecule has 8 heteroatoms. The van der Waals surface area contributed by atoms with Gasteiger partial charge in [0.05, 0.1) is 29.8 Å². The van der Waals surface area contributed by atoms with Crippen LogP contribution in [0.5, 0.6) is 0 Å². The van der Waals surface area contributed by atoms with Gasteiger partial charge in [-0.2, -0.15) is 5.10 Å². The second-order valence-electron chi connectivity index (χ2n) is 5.67. The SMILES string of the molecule is O=C(CCn1ncc(=O)c2ccccc21)N[C@H]1CCS(=O)(=O)C1. The van der Waals surface area contributed by atoms with Crippen molar-refractivity contribution >= 4 is 26.6 Å². The van der Waals surface area contributed by atoms with E-state index in [9.17, 15) is 18.0 Å². The second kappa shape index (κ2) is 6.11. The Morgan fingerprint density at radius 1 is 1.35 bits per heavy atom. The number of aromatic nitrogens is 2. The smallest absolute Gasteiger partial charge is 0.222 e. The van der Waals surface area contributed by atoms with Gasteiger partial charge in [0, 0.05) is 17.8 Å². The molecule has 1 fully saturated rings. The Balaban J connectivity index is 1.66. The van der Waals surface area contributed by atoms with E-state index in [0.29, 0.717) is 23.9 Å². The predicted octanol–water partition coefficient (Wildman–Crippen LogP) is 0.0899. The van der Waals surface area contributed by atoms with E-state index >= 15 is 0 Å². The molecule has 1 aromatic heterocycles. The Morgan fingerprint density at radius 2 is 2.13 bits per heavy atom. The van der Waals surface area contributed by atoms with Crippen molar-refractivity contribution in [1.82, 2.24) is 15.1 Å². The van der Waals surface area contributed by atoms with Gasteiger partial charge in [0.1, 0.15) is 0 Å². The van der Waals surface area contributed by atoms with Crippen molar-refractivity contribution in [2.45, 2.75) is 25.4 Å². The molecular weight excluding hydrogens is 318 g/mol. The first kappa shape index (κ1) is 15.7. The largest absolute Gasteiger partial charge is 0.352 e. The van der Waals surface area contributed by atoms with Gasteiger partial charge in [-0.05, 0) is 18.6 Å². The summed E-state index contributed by atoms with van der Waals surface area (Å²) in [6.07, 6.45) is 1.88. The average Bonchev–Trinajstić information content (AvgIpc) is 2.86. The molecule has 23 heavy (non-hydrogen) atoms. The Bertz CT molecular complexity index is 904. The molecule has 1 N–H and O–H groups in total. The lowest BCUT2D eigenvalue weighted by molar-refractivity contribution is -0.121. The lowest BCUT2D eigenvalue weighted by atomic mass is 10.2. The second-order valence-corrected chi connectivity index (χ2v) is 7.90. The maximum absolute atomic E-state index is 12.0. The fourth-order valence-electron chi connectivity index (χ4n) is 2.76. The van der Waals surface area contributed by atoms with Gasteiger partial charge >= 0.3 is 0 Å². The van der Waals surface area contributed by atoms with Crippen molar-refractivity contribution in [1.29, 1.82) is 0 Å². The number of sulfone groups is 1. The summed E-state index contributed by atoms with van der Waals surface area (Å²) in [7, 11) is -3.01. The number of amides is 1. The van der Waals surface area contributed by atoms with Crippen molar-refractivity contribution in [2.24, 2.45) is 0 Å². The molecule has 2 aromatic rings. The summed E-state index contributed by atoms with van der Waals surface area (Å²) in [4.78, 5) is 23.7. The molecule has 0 aliphatic carbocycles. The van der Waals surface area contributed by atoms with E-state index in [4.69, 9.17) is 0 Å². The van der Waals surface area contributed by atoms with Crippen LogP contribution in [0.3, 0.4) is 0 Å². The number of para-hydroxylation sites is 1. The Kier molecular flexibility index (Phi) is 4.16. The summed E-state index contributed by atoms with van der Waals surface area (Å²) in [5.74, 6) is -0.0707. The molecule has 0 spiro atoms. The normalized spacial score (nSPS) is 19.7. The summed E-state index contributed by atoms with van der Waals surface area (Å²) in [5.41, 5.74) is 0.522. The van der Waals surface area contributed by atoms with Gasteiger partial charge in [-0.15, -0.1) is 0 Å². The molecular formula is C15H17N3O4S. The molecule has 0 bridgehead atoms. The monoisotopic (exact) mass is 335 g/mol. The number of carbonyl (C=O) groups is 1. The Labute approximate surface area is 133 Å². The fraction of sp³-hybridized carbons (Fsp3) is 0.400. The maximum atomic E-state index is 12.0. The van der Waals surface area contributed by atoms with E-state index in [1.165, 1.54) is 6.20 Å². The first-order valence-corrected chi connectivity index (χ1v) is 9.21. The highest BCUT2D eigenvalue weighted by Gasteiger charge is 2.28. The quantitative estimate of drug-likeness (QED) is 0.854. The molecule has 7 nitrogen and oxygen atoms in total. The van der Waals surface area contributed by atoms with Crippen LogP contribution in [0.15, 0.2) is 35.3 Å². The first-order valence-electron chi connectivity index (χ1n) is 7.39. The summed E-state index contributed by atoms with van der Waals surface area (Å²) >= 11 is 0. The minimum atomic E-state index is -3.01. The Hall–Kier alpha value is -2.22. The Morgan fingerprint density at radius 3 is 2.87 bits per heavy atom. The number of hydrogen-bond acceptors (Lipinski definition) is 5. The van der Waals surface area contributed by atoms with Crippen LogP contribution in [0.1, 0.15) is 12.8 Å². The number of nitrogens with zero attached hydrogens (tertiary/aromatic N) is 2. The van der Waals surface area contributed by atoms with Crippen LogP contribution < -0.4 is 10.7 Å². The maximum Gasteiger partial charge on any atom is 0.222 e. The van der Waals surface area contributed by atoms with Gasteiger partial charge in [-0.25, -0.2) is 8.42 Å². The molecule has 0 radical (unpaired) electrons. The van der Waals surface area contributed by atoms with Crippen molar-refractivity contribution in [3.63, 3.8) is 0 Å². The highest BCUT2D eigenvalue weighted by atomic mass is 32.2. The molecule has 1 amide bonds. The molecule has 3 rings (SSSR count). The van der Waals surface area contributed by atoms with E-state index in [1.54, 1.807) is 22.9 Å². The minimum absolute atomic E-state index is 0.0118. The predicted molar refractivity (Wildman–Crippen MR) is 85.8 cm³/mol. The van der Waals surface area contributed by atoms with Crippen LogP contribution >= 0.6 is 0 Å². The summed E-state index contributed by atoms with van der Waals surface area (Å²) in [6.45, 7) is 0.325. The van der Waals surface area contributed by atoms with Crippen LogP contribution in [-0.4, -0.2) is 41.7 Å². The molecule has 1 atom stereocenters. The van der Waals surface area contributed by atoms with Crippen molar-refractivity contribution in [2.75, 3.05) is 11.5 Å². The number of benzene rings is 1. The van der Waals surface area contributed by atoms with Crippen LogP contribution in [0.25, 0.3) is 10.9 Å². The summed E-state index contributed by atoms with van der Waals surface area (Å²) < 4.78 is 24.4. The van der Waals surface area contributed by atoms with Crippen LogP contribution in [0.4, 0.5) is 0 Å². The zero-order chi connectivity index (χ0) is 16.4. The number of nitrogens with one attached hydrogen (secondary N) is 1. The van der Waals surface area contributed by atoms with Crippen molar-refractivity contribution in [3.8, 4) is 0 Å². The van der Waals surface area contributed by atoms with Gasteiger partial charge in [0.2, 0.25) is 11.3 Å². The molecule has 0 unspecified atom stereocenters. The first-order chi connectivity index (χ1) is 10.9. The van der Waals surface area contributed by atoms with Gasteiger partial charge < -0.3 is 5.32 Å².